The van der Waals surface area contributed by atoms with Gasteiger partial charge < -0.3 is 10.2 Å². The van der Waals surface area contributed by atoms with Crippen molar-refractivity contribution in [2.24, 2.45) is 5.84 Å². The normalized spacial score (nSPS) is 10.0. The van der Waals surface area contributed by atoms with E-state index in [0.29, 0.717) is 12.0 Å². The Morgan fingerprint density at radius 2 is 2.13 bits per heavy atom. The molecule has 5 heteroatoms. The van der Waals surface area contributed by atoms with Crippen molar-refractivity contribution in [2.45, 2.75) is 19.8 Å². The number of nitrogens with one attached hydrogen (secondary N) is 1. The van der Waals surface area contributed by atoms with Crippen LogP contribution < -0.4 is 11.3 Å². The van der Waals surface area contributed by atoms with Crippen molar-refractivity contribution in [1.29, 1.82) is 0 Å². The molecule has 0 saturated heterocycles. The highest BCUT2D eigenvalue weighted by Crippen LogP contribution is 2.30. The van der Waals surface area contributed by atoms with E-state index < -0.39 is 0 Å². The summed E-state index contributed by atoms with van der Waals surface area (Å²) in [7, 11) is 0. The summed E-state index contributed by atoms with van der Waals surface area (Å²) in [6.07, 6.45) is 0.726. The first-order valence-corrected chi connectivity index (χ1v) is 4.56. The number of hydrogen-bond donors (Lipinski definition) is 4. The minimum Gasteiger partial charge on any atom is -0.504 e. The highest BCUT2D eigenvalue weighted by molar-refractivity contribution is 5.75. The van der Waals surface area contributed by atoms with Crippen molar-refractivity contribution in [2.75, 3.05) is 0 Å². The molecule has 0 aromatic heterocycles. The molecule has 0 heterocycles. The zero-order chi connectivity index (χ0) is 11.4. The molecule has 1 amide bonds. The first-order chi connectivity index (χ1) is 7.06. The van der Waals surface area contributed by atoms with Crippen LogP contribution in [-0.2, 0) is 11.2 Å². The van der Waals surface area contributed by atoms with E-state index in [1.54, 1.807) is 13.0 Å². The number of hydrazine groups is 1. The Labute approximate surface area is 87.5 Å². The van der Waals surface area contributed by atoms with Gasteiger partial charge in [-0.25, -0.2) is 5.84 Å². The number of carbonyl (C=O) groups excluding carboxylic acids is 1. The van der Waals surface area contributed by atoms with Crippen molar-refractivity contribution >= 4 is 5.91 Å². The summed E-state index contributed by atoms with van der Waals surface area (Å²) < 4.78 is 0. The lowest BCUT2D eigenvalue weighted by molar-refractivity contribution is -0.121. The molecular weight excluding hydrogens is 196 g/mol. The summed E-state index contributed by atoms with van der Waals surface area (Å²) in [5.74, 6) is 4.39. The van der Waals surface area contributed by atoms with Gasteiger partial charge in [-0.2, -0.15) is 0 Å². The predicted octanol–water partition coefficient (Wildman–Crippen LogP) is 0.329. The van der Waals surface area contributed by atoms with Crippen LogP contribution in [-0.4, -0.2) is 16.1 Å². The Balaban J connectivity index is 2.78. The number of aromatic hydroxyl groups is 2. The van der Waals surface area contributed by atoms with Gasteiger partial charge in [0.25, 0.3) is 0 Å². The first kappa shape index (κ1) is 11.3. The molecule has 1 aromatic carbocycles. The molecule has 0 fully saturated rings. The third-order valence-corrected chi connectivity index (χ3v) is 2.30. The number of carbonyl (C=O) groups is 1. The summed E-state index contributed by atoms with van der Waals surface area (Å²) in [4.78, 5) is 10.9. The maximum Gasteiger partial charge on any atom is 0.234 e. The maximum atomic E-state index is 10.9. The number of hydrogen-bond acceptors (Lipinski definition) is 4. The lowest BCUT2D eigenvalue weighted by Crippen LogP contribution is -2.30. The maximum absolute atomic E-state index is 10.9. The van der Waals surface area contributed by atoms with Crippen LogP contribution in [0.15, 0.2) is 12.1 Å². The lowest BCUT2D eigenvalue weighted by atomic mass is 10.0. The molecule has 5 nitrogen and oxygen atoms in total. The number of phenolic OH excluding ortho intramolecular Hbond substituents is 2. The van der Waals surface area contributed by atoms with E-state index in [9.17, 15) is 15.0 Å². The van der Waals surface area contributed by atoms with Crippen LogP contribution >= 0.6 is 0 Å². The van der Waals surface area contributed by atoms with E-state index in [4.69, 9.17) is 5.84 Å². The summed E-state index contributed by atoms with van der Waals surface area (Å²) in [6, 6.07) is 3.08. The highest BCUT2D eigenvalue weighted by Gasteiger charge is 2.09. The van der Waals surface area contributed by atoms with Crippen LogP contribution in [0.4, 0.5) is 0 Å². The average molecular weight is 210 g/mol. The third-order valence-electron chi connectivity index (χ3n) is 2.30. The molecular formula is C10H14N2O3. The second kappa shape index (κ2) is 4.65. The zero-order valence-electron chi connectivity index (χ0n) is 8.45. The quantitative estimate of drug-likeness (QED) is 0.250. The van der Waals surface area contributed by atoms with Crippen LogP contribution in [0.5, 0.6) is 11.5 Å². The van der Waals surface area contributed by atoms with E-state index in [1.807, 2.05) is 5.43 Å². The molecule has 0 saturated carbocycles. The predicted molar refractivity (Wildman–Crippen MR) is 55.2 cm³/mol. The number of aryl methyl sites for hydroxylation is 1. The van der Waals surface area contributed by atoms with E-state index in [-0.39, 0.29) is 23.8 Å². The van der Waals surface area contributed by atoms with Gasteiger partial charge in [0.05, 0.1) is 0 Å². The molecule has 15 heavy (non-hydrogen) atoms. The molecule has 0 bridgehead atoms. The summed E-state index contributed by atoms with van der Waals surface area (Å²) >= 11 is 0. The number of phenols is 2. The van der Waals surface area contributed by atoms with E-state index in [0.717, 1.165) is 5.56 Å². The second-order valence-corrected chi connectivity index (χ2v) is 3.28. The SMILES string of the molecule is Cc1c(CCC(=O)NN)ccc(O)c1O. The minimum absolute atomic E-state index is 0.138. The third kappa shape index (κ3) is 2.60. The summed E-state index contributed by atoms with van der Waals surface area (Å²) in [5.41, 5.74) is 3.43. The van der Waals surface area contributed by atoms with Gasteiger partial charge in [0.15, 0.2) is 11.5 Å². The second-order valence-electron chi connectivity index (χ2n) is 3.28. The van der Waals surface area contributed by atoms with Gasteiger partial charge in [0.2, 0.25) is 5.91 Å². The van der Waals surface area contributed by atoms with Crippen molar-refractivity contribution in [3.05, 3.63) is 23.3 Å². The van der Waals surface area contributed by atoms with Crippen molar-refractivity contribution in [3.8, 4) is 11.5 Å². The Hall–Kier alpha value is -1.75. The Bertz CT molecular complexity index is 377. The molecule has 0 aliphatic heterocycles. The number of benzene rings is 1. The van der Waals surface area contributed by atoms with Crippen LogP contribution in [0.25, 0.3) is 0 Å². The van der Waals surface area contributed by atoms with Gasteiger partial charge >= 0.3 is 0 Å². The van der Waals surface area contributed by atoms with E-state index in [2.05, 4.69) is 0 Å². The largest absolute Gasteiger partial charge is 0.504 e. The fourth-order valence-corrected chi connectivity index (χ4v) is 1.32. The topological polar surface area (TPSA) is 95.6 Å². The molecule has 0 unspecified atom stereocenters. The molecule has 0 atom stereocenters. The number of nitrogens with two attached hydrogens (primary N) is 1. The Kier molecular flexibility index (Phi) is 3.51. The Morgan fingerprint density at radius 3 is 2.73 bits per heavy atom. The molecule has 1 rings (SSSR count). The van der Waals surface area contributed by atoms with Crippen LogP contribution in [0.3, 0.4) is 0 Å². The lowest BCUT2D eigenvalue weighted by Gasteiger charge is -2.08. The van der Waals surface area contributed by atoms with Gasteiger partial charge in [-0.15, -0.1) is 0 Å². The highest BCUT2D eigenvalue weighted by atomic mass is 16.3. The van der Waals surface area contributed by atoms with Gasteiger partial charge in [-0.1, -0.05) is 6.07 Å². The minimum atomic E-state index is -0.262. The number of rotatable bonds is 3. The standard InChI is InChI=1S/C10H14N2O3/c1-6-7(3-5-9(14)12-11)2-4-8(13)10(6)15/h2,4,13,15H,3,5,11H2,1H3,(H,12,14). The van der Waals surface area contributed by atoms with Crippen molar-refractivity contribution in [1.82, 2.24) is 5.43 Å². The molecule has 0 aliphatic rings. The summed E-state index contributed by atoms with van der Waals surface area (Å²) in [5, 5.41) is 18.6. The van der Waals surface area contributed by atoms with Gasteiger partial charge in [-0.05, 0) is 30.5 Å². The van der Waals surface area contributed by atoms with Gasteiger partial charge in [-0.3, -0.25) is 10.2 Å². The fraction of sp³-hybridized carbons (Fsp3) is 0.300. The number of amides is 1. The Morgan fingerprint density at radius 1 is 1.47 bits per heavy atom. The molecule has 1 aromatic rings. The molecule has 0 radical (unpaired) electrons. The summed E-state index contributed by atoms with van der Waals surface area (Å²) in [6.45, 7) is 1.69. The van der Waals surface area contributed by atoms with Crippen LogP contribution in [0.2, 0.25) is 0 Å². The molecule has 5 N–H and O–H groups in total. The monoisotopic (exact) mass is 210 g/mol. The molecule has 82 valence electrons. The van der Waals surface area contributed by atoms with Crippen LogP contribution in [0, 0.1) is 6.92 Å². The average Bonchev–Trinajstić information content (AvgIpc) is 2.24. The zero-order valence-corrected chi connectivity index (χ0v) is 8.45. The fourth-order valence-electron chi connectivity index (χ4n) is 1.32. The smallest absolute Gasteiger partial charge is 0.234 e. The van der Waals surface area contributed by atoms with Crippen molar-refractivity contribution in [3.63, 3.8) is 0 Å². The van der Waals surface area contributed by atoms with Crippen LogP contribution in [0.1, 0.15) is 17.5 Å². The molecule has 0 spiro atoms. The van der Waals surface area contributed by atoms with E-state index in [1.165, 1.54) is 6.07 Å². The van der Waals surface area contributed by atoms with Gasteiger partial charge in [0.1, 0.15) is 0 Å². The van der Waals surface area contributed by atoms with E-state index >= 15 is 0 Å². The first-order valence-electron chi connectivity index (χ1n) is 4.56. The van der Waals surface area contributed by atoms with Gasteiger partial charge in [0, 0.05) is 6.42 Å². The molecule has 0 aliphatic carbocycles. The van der Waals surface area contributed by atoms with Crippen molar-refractivity contribution < 1.29 is 15.0 Å².